The molecule has 7 heteroatoms. The van der Waals surface area contributed by atoms with Gasteiger partial charge in [-0.3, -0.25) is 4.79 Å². The number of piperidine rings is 1. The van der Waals surface area contributed by atoms with Crippen LogP contribution in [0.5, 0.6) is 0 Å². The molecule has 104 valence electrons. The Hall–Kier alpha value is -1.89. The normalized spacial score (nSPS) is 19.4. The van der Waals surface area contributed by atoms with Gasteiger partial charge in [0.2, 0.25) is 5.91 Å². The van der Waals surface area contributed by atoms with Gasteiger partial charge in [0.05, 0.1) is 0 Å². The van der Waals surface area contributed by atoms with Gasteiger partial charge in [-0.2, -0.15) is 0 Å². The number of carbonyl (C=O) groups excluding carboxylic acids is 1. The molecular formula is C12H20N6O. The van der Waals surface area contributed by atoms with Gasteiger partial charge in [-0.1, -0.05) is 6.92 Å². The van der Waals surface area contributed by atoms with Crippen LogP contribution in [0.25, 0.3) is 0 Å². The van der Waals surface area contributed by atoms with E-state index in [-0.39, 0.29) is 11.9 Å². The molecule has 1 fully saturated rings. The van der Waals surface area contributed by atoms with Crippen molar-refractivity contribution in [2.24, 2.45) is 5.84 Å². The molecule has 4 N–H and O–H groups in total. The maximum Gasteiger partial charge on any atom is 0.222 e. The molecule has 1 amide bonds. The van der Waals surface area contributed by atoms with Crippen molar-refractivity contribution >= 4 is 17.5 Å². The van der Waals surface area contributed by atoms with Crippen molar-refractivity contribution in [1.82, 2.24) is 14.9 Å². The fraction of sp³-hybridized carbons (Fsp3) is 0.583. The van der Waals surface area contributed by atoms with Crippen LogP contribution in [0.2, 0.25) is 0 Å². The standard InChI is InChI=1S/C12H20N6O/c1-3-9-11(14-7-15-12(9)17-13)16-8-4-5-10(19)18(2)6-8/h7-8H,3-6,13H2,1-2H3,(H2,14,15,16,17). The molecule has 0 radical (unpaired) electrons. The number of hydrogen-bond acceptors (Lipinski definition) is 6. The number of hydrogen-bond donors (Lipinski definition) is 3. The minimum absolute atomic E-state index is 0.195. The number of nitrogens with two attached hydrogens (primary N) is 1. The van der Waals surface area contributed by atoms with Crippen molar-refractivity contribution < 1.29 is 4.79 Å². The number of likely N-dealkylation sites (N-methyl/N-ethyl adjacent to an activating group) is 1. The first-order valence-electron chi connectivity index (χ1n) is 6.46. The number of aromatic nitrogens is 2. The van der Waals surface area contributed by atoms with E-state index in [1.807, 2.05) is 14.0 Å². The number of likely N-dealkylation sites (tertiary alicyclic amines) is 1. The first kappa shape index (κ1) is 13.5. The molecule has 1 aromatic heterocycles. The summed E-state index contributed by atoms with van der Waals surface area (Å²) >= 11 is 0. The van der Waals surface area contributed by atoms with Gasteiger partial charge in [0.25, 0.3) is 0 Å². The fourth-order valence-corrected chi connectivity index (χ4v) is 2.32. The van der Waals surface area contributed by atoms with Gasteiger partial charge in [-0.15, -0.1) is 0 Å². The van der Waals surface area contributed by atoms with Crippen LogP contribution in [0, 0.1) is 0 Å². The van der Waals surface area contributed by atoms with Gasteiger partial charge in [-0.25, -0.2) is 15.8 Å². The number of carbonyl (C=O) groups is 1. The third-order valence-corrected chi connectivity index (χ3v) is 3.40. The van der Waals surface area contributed by atoms with E-state index in [0.29, 0.717) is 18.8 Å². The quantitative estimate of drug-likeness (QED) is 0.536. The van der Waals surface area contributed by atoms with E-state index < -0.39 is 0 Å². The summed E-state index contributed by atoms with van der Waals surface area (Å²) in [6.45, 7) is 2.72. The molecule has 0 aromatic carbocycles. The Morgan fingerprint density at radius 3 is 2.84 bits per heavy atom. The first-order valence-corrected chi connectivity index (χ1v) is 6.46. The lowest BCUT2D eigenvalue weighted by atomic mass is 10.1. The van der Waals surface area contributed by atoms with E-state index >= 15 is 0 Å². The average Bonchev–Trinajstić information content (AvgIpc) is 2.42. The second-order valence-electron chi connectivity index (χ2n) is 4.70. The lowest BCUT2D eigenvalue weighted by Gasteiger charge is -2.31. The van der Waals surface area contributed by atoms with Crippen molar-refractivity contribution in [3.8, 4) is 0 Å². The van der Waals surface area contributed by atoms with Crippen LogP contribution in [-0.2, 0) is 11.2 Å². The Bertz CT molecular complexity index is 464. The van der Waals surface area contributed by atoms with Gasteiger partial charge in [-0.05, 0) is 12.8 Å². The number of anilines is 2. The van der Waals surface area contributed by atoms with Crippen molar-refractivity contribution in [1.29, 1.82) is 0 Å². The molecule has 1 aromatic rings. The average molecular weight is 264 g/mol. The summed E-state index contributed by atoms with van der Waals surface area (Å²) < 4.78 is 0. The van der Waals surface area contributed by atoms with Crippen molar-refractivity contribution in [3.05, 3.63) is 11.9 Å². The number of nitrogens with zero attached hydrogens (tertiary/aromatic N) is 3. The molecule has 2 rings (SSSR count). The minimum atomic E-state index is 0.195. The highest BCUT2D eigenvalue weighted by molar-refractivity contribution is 5.77. The Balaban J connectivity index is 2.13. The van der Waals surface area contributed by atoms with Crippen LogP contribution < -0.4 is 16.6 Å². The summed E-state index contributed by atoms with van der Waals surface area (Å²) in [7, 11) is 1.82. The molecule has 1 atom stereocenters. The second-order valence-corrected chi connectivity index (χ2v) is 4.70. The Morgan fingerprint density at radius 1 is 1.47 bits per heavy atom. The third kappa shape index (κ3) is 2.93. The highest BCUT2D eigenvalue weighted by Gasteiger charge is 2.23. The van der Waals surface area contributed by atoms with Gasteiger partial charge in [0.15, 0.2) is 0 Å². The topological polar surface area (TPSA) is 96.2 Å². The molecule has 2 heterocycles. The Labute approximate surface area is 112 Å². The van der Waals surface area contributed by atoms with Crippen LogP contribution in [0.3, 0.4) is 0 Å². The molecule has 0 saturated carbocycles. The summed E-state index contributed by atoms with van der Waals surface area (Å²) in [6, 6.07) is 0.216. The maximum atomic E-state index is 11.5. The smallest absolute Gasteiger partial charge is 0.222 e. The van der Waals surface area contributed by atoms with Crippen molar-refractivity contribution in [2.45, 2.75) is 32.2 Å². The van der Waals surface area contributed by atoms with Gasteiger partial charge < -0.3 is 15.6 Å². The summed E-state index contributed by atoms with van der Waals surface area (Å²) in [6.07, 6.45) is 3.66. The van der Waals surface area contributed by atoms with E-state index in [1.165, 1.54) is 6.33 Å². The zero-order chi connectivity index (χ0) is 13.8. The minimum Gasteiger partial charge on any atom is -0.365 e. The van der Waals surface area contributed by atoms with Crippen LogP contribution in [0.15, 0.2) is 6.33 Å². The Kier molecular flexibility index (Phi) is 4.16. The second kappa shape index (κ2) is 5.83. The molecule has 0 bridgehead atoms. The zero-order valence-corrected chi connectivity index (χ0v) is 11.3. The van der Waals surface area contributed by atoms with Crippen LogP contribution in [-0.4, -0.2) is 40.4 Å². The Morgan fingerprint density at radius 2 is 2.21 bits per heavy atom. The number of amides is 1. The lowest BCUT2D eigenvalue weighted by Crippen LogP contribution is -2.43. The van der Waals surface area contributed by atoms with E-state index in [4.69, 9.17) is 5.84 Å². The van der Waals surface area contributed by atoms with Crippen LogP contribution in [0.1, 0.15) is 25.3 Å². The molecule has 0 spiro atoms. The number of rotatable bonds is 4. The zero-order valence-electron chi connectivity index (χ0n) is 11.3. The summed E-state index contributed by atoms with van der Waals surface area (Å²) in [4.78, 5) is 21.6. The van der Waals surface area contributed by atoms with Crippen molar-refractivity contribution in [2.75, 3.05) is 24.3 Å². The first-order chi connectivity index (χ1) is 9.15. The number of nitrogen functional groups attached to an aromatic ring is 1. The van der Waals surface area contributed by atoms with Crippen LogP contribution >= 0.6 is 0 Å². The van der Waals surface area contributed by atoms with Gasteiger partial charge in [0.1, 0.15) is 18.0 Å². The third-order valence-electron chi connectivity index (χ3n) is 3.40. The predicted octanol–water partition coefficient (Wildman–Crippen LogP) is 0.357. The van der Waals surface area contributed by atoms with Crippen molar-refractivity contribution in [3.63, 3.8) is 0 Å². The van der Waals surface area contributed by atoms with Crippen LogP contribution in [0.4, 0.5) is 11.6 Å². The highest BCUT2D eigenvalue weighted by Crippen LogP contribution is 2.22. The molecular weight excluding hydrogens is 244 g/mol. The van der Waals surface area contributed by atoms with E-state index in [9.17, 15) is 4.79 Å². The lowest BCUT2D eigenvalue weighted by molar-refractivity contribution is -0.132. The van der Waals surface area contributed by atoms with E-state index in [0.717, 1.165) is 24.2 Å². The van der Waals surface area contributed by atoms with E-state index in [1.54, 1.807) is 4.90 Å². The highest BCUT2D eigenvalue weighted by atomic mass is 16.2. The summed E-state index contributed by atoms with van der Waals surface area (Å²) in [5.41, 5.74) is 3.55. The summed E-state index contributed by atoms with van der Waals surface area (Å²) in [5.74, 6) is 7.07. The molecule has 1 saturated heterocycles. The molecule has 1 aliphatic rings. The largest absolute Gasteiger partial charge is 0.365 e. The SMILES string of the molecule is CCc1c(NN)ncnc1NC1CCC(=O)N(C)C1. The monoisotopic (exact) mass is 264 g/mol. The summed E-state index contributed by atoms with van der Waals surface area (Å²) in [5, 5.41) is 3.39. The molecule has 0 aliphatic carbocycles. The van der Waals surface area contributed by atoms with Gasteiger partial charge >= 0.3 is 0 Å². The maximum absolute atomic E-state index is 11.5. The molecule has 7 nitrogen and oxygen atoms in total. The van der Waals surface area contributed by atoms with E-state index in [2.05, 4.69) is 20.7 Å². The number of nitrogens with one attached hydrogen (secondary N) is 2. The number of hydrazine groups is 1. The predicted molar refractivity (Wildman–Crippen MR) is 73.5 cm³/mol. The molecule has 19 heavy (non-hydrogen) atoms. The fourth-order valence-electron chi connectivity index (χ4n) is 2.32. The van der Waals surface area contributed by atoms with Gasteiger partial charge in [0, 0.05) is 31.6 Å². The molecule has 1 aliphatic heterocycles. The molecule has 1 unspecified atom stereocenters.